The first kappa shape index (κ1) is 26.9. The van der Waals surface area contributed by atoms with E-state index in [2.05, 4.69) is 141 Å². The Morgan fingerprint density at radius 3 is 1.45 bits per heavy atom. The van der Waals surface area contributed by atoms with Gasteiger partial charge in [-0.15, -0.1) is 22.7 Å². The van der Waals surface area contributed by atoms with Gasteiger partial charge >= 0.3 is 0 Å². The van der Waals surface area contributed by atoms with E-state index in [1.165, 1.54) is 62.6 Å². The number of hydrogen-bond donors (Lipinski definition) is 0. The first-order valence-corrected chi connectivity index (χ1v) is 17.5. The molecule has 1 aliphatic rings. The normalized spacial score (nSPS) is 13.5. The van der Waals surface area contributed by atoms with Crippen LogP contribution in [-0.4, -0.2) is 15.0 Å². The van der Waals surface area contributed by atoms with Crippen molar-refractivity contribution in [3.8, 4) is 45.3 Å². The Labute approximate surface area is 279 Å². The minimum absolute atomic E-state index is 0.119. The molecule has 0 atom stereocenters. The van der Waals surface area contributed by atoms with Gasteiger partial charge in [-0.25, -0.2) is 15.0 Å². The molecule has 0 spiro atoms. The molecule has 3 heterocycles. The van der Waals surface area contributed by atoms with Crippen molar-refractivity contribution in [3.05, 3.63) is 139 Å². The molecule has 0 amide bonds. The third-order valence-electron chi connectivity index (χ3n) is 9.77. The summed E-state index contributed by atoms with van der Waals surface area (Å²) >= 11 is 3.61. The van der Waals surface area contributed by atoms with Crippen molar-refractivity contribution in [2.45, 2.75) is 19.3 Å². The zero-order valence-electron chi connectivity index (χ0n) is 25.8. The summed E-state index contributed by atoms with van der Waals surface area (Å²) in [7, 11) is 0. The smallest absolute Gasteiger partial charge is 0.165 e. The predicted octanol–water partition coefficient (Wildman–Crippen LogP) is 11.9. The average Bonchev–Trinajstić information content (AvgIpc) is 3.76. The summed E-state index contributed by atoms with van der Waals surface area (Å²) < 4.78 is 4.92. The van der Waals surface area contributed by atoms with Crippen LogP contribution in [-0.2, 0) is 5.41 Å². The van der Waals surface area contributed by atoms with Crippen LogP contribution in [0.2, 0.25) is 0 Å². The number of aromatic nitrogens is 3. The second kappa shape index (κ2) is 9.88. The lowest BCUT2D eigenvalue weighted by Crippen LogP contribution is -2.14. The monoisotopic (exact) mass is 637 g/mol. The van der Waals surface area contributed by atoms with Gasteiger partial charge < -0.3 is 0 Å². The summed E-state index contributed by atoms with van der Waals surface area (Å²) in [5.41, 5.74) is 8.10. The van der Waals surface area contributed by atoms with Crippen LogP contribution in [0.15, 0.2) is 127 Å². The molecule has 0 bridgehead atoms. The van der Waals surface area contributed by atoms with Crippen LogP contribution in [0.3, 0.4) is 0 Å². The average molecular weight is 638 g/mol. The van der Waals surface area contributed by atoms with Gasteiger partial charge in [-0.1, -0.05) is 117 Å². The molecule has 5 heteroatoms. The van der Waals surface area contributed by atoms with E-state index in [1.54, 1.807) is 22.7 Å². The molecule has 3 nitrogen and oxygen atoms in total. The Morgan fingerprint density at radius 2 is 0.830 bits per heavy atom. The quantitative estimate of drug-likeness (QED) is 0.193. The third-order valence-corrected chi connectivity index (χ3v) is 12.2. The highest BCUT2D eigenvalue weighted by Crippen LogP contribution is 2.52. The van der Waals surface area contributed by atoms with Gasteiger partial charge in [0.1, 0.15) is 0 Å². The van der Waals surface area contributed by atoms with E-state index < -0.39 is 0 Å². The molecule has 0 radical (unpaired) electrons. The molecule has 6 aromatic carbocycles. The van der Waals surface area contributed by atoms with E-state index in [0.29, 0.717) is 17.5 Å². The van der Waals surface area contributed by atoms with E-state index in [9.17, 15) is 0 Å². The molecule has 3 aromatic heterocycles. The van der Waals surface area contributed by atoms with Gasteiger partial charge in [0, 0.05) is 62.4 Å². The lowest BCUT2D eigenvalue weighted by atomic mass is 9.82. The van der Waals surface area contributed by atoms with Crippen LogP contribution in [0.5, 0.6) is 0 Å². The number of fused-ring (bicyclic) bond motifs is 9. The van der Waals surface area contributed by atoms with Crippen molar-refractivity contribution < 1.29 is 0 Å². The maximum atomic E-state index is 5.33. The number of rotatable bonds is 3. The lowest BCUT2D eigenvalue weighted by molar-refractivity contribution is 0.660. The summed E-state index contributed by atoms with van der Waals surface area (Å²) in [6.07, 6.45) is 0. The van der Waals surface area contributed by atoms with Gasteiger partial charge in [0.05, 0.1) is 0 Å². The van der Waals surface area contributed by atoms with E-state index in [1.807, 2.05) is 0 Å². The second-order valence-electron chi connectivity index (χ2n) is 12.8. The van der Waals surface area contributed by atoms with E-state index >= 15 is 0 Å². The van der Waals surface area contributed by atoms with Gasteiger partial charge in [0.2, 0.25) is 0 Å². The fourth-order valence-electron chi connectivity index (χ4n) is 7.52. The Morgan fingerprint density at radius 1 is 0.404 bits per heavy atom. The predicted molar refractivity (Wildman–Crippen MR) is 199 cm³/mol. The number of thiophene rings is 2. The van der Waals surface area contributed by atoms with Crippen molar-refractivity contribution in [3.63, 3.8) is 0 Å². The fourth-order valence-corrected chi connectivity index (χ4v) is 9.95. The molecule has 10 rings (SSSR count). The number of benzene rings is 6. The van der Waals surface area contributed by atoms with Crippen LogP contribution in [0, 0.1) is 0 Å². The zero-order valence-corrected chi connectivity index (χ0v) is 27.4. The SMILES string of the molecule is CC1(C)c2ccccc2-c2c(-c3nc(-c4cccc5c4sc4ccccc45)nc(-c4cccc5c4sc4ccccc45)n3)cccc21. The molecule has 0 saturated carbocycles. The van der Waals surface area contributed by atoms with Crippen molar-refractivity contribution in [2.75, 3.05) is 0 Å². The fraction of sp³-hybridized carbons (Fsp3) is 0.0714. The lowest BCUT2D eigenvalue weighted by Gasteiger charge is -2.21. The Kier molecular flexibility index (Phi) is 5.66. The molecule has 47 heavy (non-hydrogen) atoms. The molecule has 0 saturated heterocycles. The number of nitrogens with zero attached hydrogens (tertiary/aromatic N) is 3. The molecule has 0 aliphatic heterocycles. The van der Waals surface area contributed by atoms with Crippen molar-refractivity contribution in [2.24, 2.45) is 0 Å². The van der Waals surface area contributed by atoms with Crippen molar-refractivity contribution in [1.29, 1.82) is 0 Å². The van der Waals surface area contributed by atoms with Crippen LogP contribution in [0.25, 0.3) is 85.6 Å². The molecule has 9 aromatic rings. The molecule has 0 unspecified atom stereocenters. The van der Waals surface area contributed by atoms with Crippen LogP contribution in [0.1, 0.15) is 25.0 Å². The highest BCUT2D eigenvalue weighted by molar-refractivity contribution is 7.26. The van der Waals surface area contributed by atoms with Gasteiger partial charge in [-0.3, -0.25) is 0 Å². The van der Waals surface area contributed by atoms with Crippen molar-refractivity contribution in [1.82, 2.24) is 15.0 Å². The van der Waals surface area contributed by atoms with E-state index in [4.69, 9.17) is 15.0 Å². The summed E-state index contributed by atoms with van der Waals surface area (Å²) in [4.78, 5) is 16.0. The molecular weight excluding hydrogens is 611 g/mol. The van der Waals surface area contributed by atoms with Crippen LogP contribution < -0.4 is 0 Å². The zero-order chi connectivity index (χ0) is 31.3. The van der Waals surface area contributed by atoms with Crippen molar-refractivity contribution >= 4 is 63.0 Å². The topological polar surface area (TPSA) is 38.7 Å². The highest BCUT2D eigenvalue weighted by atomic mass is 32.1. The molecule has 0 N–H and O–H groups in total. The summed E-state index contributed by atoms with van der Waals surface area (Å²) in [5.74, 6) is 2.09. The minimum atomic E-state index is -0.119. The Balaban J connectivity index is 1.29. The number of hydrogen-bond acceptors (Lipinski definition) is 5. The highest BCUT2D eigenvalue weighted by Gasteiger charge is 2.37. The standard InChI is InChI=1S/C42H27N3S2/c1-42(2)32-20-6-3-14-28(32)36-29(17-11-21-33(36)42)39-43-40(30-18-9-15-26-24-12-4-7-22-34(24)46-37(26)30)45-41(44-39)31-19-10-16-27-25-13-5-8-23-35(25)47-38(27)31/h3-23H,1-2H3. The molecule has 222 valence electrons. The Hall–Kier alpha value is -5.23. The maximum absolute atomic E-state index is 5.33. The maximum Gasteiger partial charge on any atom is 0.165 e. The van der Waals surface area contributed by atoms with Gasteiger partial charge in [0.25, 0.3) is 0 Å². The second-order valence-corrected chi connectivity index (χ2v) is 14.9. The summed E-state index contributed by atoms with van der Waals surface area (Å²) in [6.45, 7) is 4.63. The summed E-state index contributed by atoms with van der Waals surface area (Å²) in [6, 6.07) is 45.6. The summed E-state index contributed by atoms with van der Waals surface area (Å²) in [5, 5.41) is 4.99. The van der Waals surface area contributed by atoms with Crippen LogP contribution in [0.4, 0.5) is 0 Å². The first-order valence-electron chi connectivity index (χ1n) is 15.9. The molecular formula is C42H27N3S2. The van der Waals surface area contributed by atoms with Gasteiger partial charge in [-0.05, 0) is 46.5 Å². The van der Waals surface area contributed by atoms with Crippen LogP contribution >= 0.6 is 22.7 Å². The van der Waals surface area contributed by atoms with Gasteiger partial charge in [0.15, 0.2) is 17.5 Å². The largest absolute Gasteiger partial charge is 0.208 e. The van der Waals surface area contributed by atoms with Gasteiger partial charge in [-0.2, -0.15) is 0 Å². The Bertz CT molecular complexity index is 2600. The third kappa shape index (κ3) is 3.87. The molecule has 0 fully saturated rings. The van der Waals surface area contributed by atoms with E-state index in [0.717, 1.165) is 16.7 Å². The first-order chi connectivity index (χ1) is 23.1. The minimum Gasteiger partial charge on any atom is -0.208 e. The van der Waals surface area contributed by atoms with E-state index in [-0.39, 0.29) is 5.41 Å². The molecule has 1 aliphatic carbocycles.